The summed E-state index contributed by atoms with van der Waals surface area (Å²) in [6.07, 6.45) is 4.99. The van der Waals surface area contributed by atoms with Crippen LogP contribution in [0.2, 0.25) is 0 Å². The molecule has 1 amide bonds. The average Bonchev–Trinajstić information content (AvgIpc) is 3.00. The minimum absolute atomic E-state index is 0. The molecule has 0 radical (unpaired) electrons. The molecule has 0 spiro atoms. The lowest BCUT2D eigenvalue weighted by atomic mass is 9.89. The number of fused-ring (bicyclic) bond motifs is 2. The number of rotatable bonds is 5. The van der Waals surface area contributed by atoms with E-state index in [0.29, 0.717) is 24.4 Å². The number of hydrogen-bond acceptors (Lipinski definition) is 2. The van der Waals surface area contributed by atoms with Crippen molar-refractivity contribution >= 4 is 18.3 Å². The molecule has 2 fully saturated rings. The molecular weight excluding hydrogens is 382 g/mol. The average molecular weight is 407 g/mol. The van der Waals surface area contributed by atoms with Crippen molar-refractivity contribution in [2.45, 2.75) is 50.2 Å². The Bertz CT molecular complexity index is 740. The Labute approximate surface area is 170 Å². The minimum atomic E-state index is -0.419. The highest BCUT2D eigenvalue weighted by molar-refractivity contribution is 5.85. The number of benzene rings is 2. The molecule has 0 aliphatic carbocycles. The summed E-state index contributed by atoms with van der Waals surface area (Å²) >= 11 is 0. The fraction of sp³-hybridized carbons (Fsp3) is 0.409. The number of carbonyl (C=O) groups excluding carboxylic acids is 1. The van der Waals surface area contributed by atoms with Crippen LogP contribution >= 0.6 is 12.4 Å². The number of piperidine rings is 1. The highest BCUT2D eigenvalue weighted by atomic mass is 35.5. The smallest absolute Gasteiger partial charge is 0.221 e. The van der Waals surface area contributed by atoms with E-state index >= 15 is 0 Å². The first-order chi connectivity index (χ1) is 13.1. The number of nitrogens with one attached hydrogen (secondary N) is 2. The van der Waals surface area contributed by atoms with Crippen LogP contribution in [-0.2, 0) is 4.79 Å². The lowest BCUT2D eigenvalue weighted by Crippen LogP contribution is -2.40. The van der Waals surface area contributed by atoms with Crippen LogP contribution in [0.4, 0.5) is 8.78 Å². The Morgan fingerprint density at radius 1 is 0.929 bits per heavy atom. The molecule has 2 bridgehead atoms. The van der Waals surface area contributed by atoms with Crippen LogP contribution in [0, 0.1) is 17.6 Å². The Hall–Kier alpha value is -1.98. The Morgan fingerprint density at radius 3 is 1.86 bits per heavy atom. The summed E-state index contributed by atoms with van der Waals surface area (Å²) in [5.41, 5.74) is 1.56. The van der Waals surface area contributed by atoms with E-state index in [1.807, 2.05) is 0 Å². The van der Waals surface area contributed by atoms with Crippen molar-refractivity contribution in [2.24, 2.45) is 5.92 Å². The molecule has 3 nitrogen and oxygen atoms in total. The minimum Gasteiger partial charge on any atom is -0.345 e. The van der Waals surface area contributed by atoms with E-state index in [-0.39, 0.29) is 29.9 Å². The third-order valence-corrected chi connectivity index (χ3v) is 5.76. The summed E-state index contributed by atoms with van der Waals surface area (Å²) in [6, 6.07) is 12.8. The predicted molar refractivity (Wildman–Crippen MR) is 107 cm³/mol. The van der Waals surface area contributed by atoms with Gasteiger partial charge in [-0.15, -0.1) is 12.4 Å². The first-order valence-corrected chi connectivity index (χ1v) is 9.63. The zero-order valence-electron chi connectivity index (χ0n) is 15.5. The second-order valence-electron chi connectivity index (χ2n) is 7.78. The fourth-order valence-corrected chi connectivity index (χ4v) is 4.49. The standard InChI is InChI=1S/C22H24F2N2O.ClH/c23-17-5-1-15(2-6-17)22(16-3-7-18(24)8-4-16)26-21(27)13-14-11-19-9-10-20(12-14)25-19;/h1-8,14,19-20,22,25H,9-13H2,(H,26,27);1H. The van der Waals surface area contributed by atoms with Gasteiger partial charge in [0.05, 0.1) is 6.04 Å². The van der Waals surface area contributed by atoms with Gasteiger partial charge in [0, 0.05) is 18.5 Å². The van der Waals surface area contributed by atoms with E-state index in [4.69, 9.17) is 0 Å². The molecule has 2 heterocycles. The van der Waals surface area contributed by atoms with Gasteiger partial charge in [0.1, 0.15) is 11.6 Å². The highest BCUT2D eigenvalue weighted by Gasteiger charge is 2.34. The maximum Gasteiger partial charge on any atom is 0.221 e. The van der Waals surface area contributed by atoms with Gasteiger partial charge in [0.25, 0.3) is 0 Å². The van der Waals surface area contributed by atoms with Crippen molar-refractivity contribution in [1.29, 1.82) is 0 Å². The molecule has 4 rings (SSSR count). The summed E-state index contributed by atoms with van der Waals surface area (Å²) in [5.74, 6) is -0.271. The molecule has 2 aromatic rings. The number of hydrogen-bond donors (Lipinski definition) is 2. The monoisotopic (exact) mass is 406 g/mol. The second-order valence-corrected chi connectivity index (χ2v) is 7.78. The van der Waals surface area contributed by atoms with Crippen LogP contribution in [0.1, 0.15) is 49.3 Å². The van der Waals surface area contributed by atoms with Crippen LogP contribution in [0.25, 0.3) is 0 Å². The van der Waals surface area contributed by atoms with Gasteiger partial charge < -0.3 is 10.6 Å². The largest absolute Gasteiger partial charge is 0.345 e. The van der Waals surface area contributed by atoms with Crippen LogP contribution < -0.4 is 10.6 Å². The van der Waals surface area contributed by atoms with Crippen molar-refractivity contribution in [1.82, 2.24) is 10.6 Å². The van der Waals surface area contributed by atoms with Crippen LogP contribution in [-0.4, -0.2) is 18.0 Å². The maximum atomic E-state index is 13.3. The SMILES string of the molecule is Cl.O=C(CC1CC2CCC(C1)N2)NC(c1ccc(F)cc1)c1ccc(F)cc1. The zero-order chi connectivity index (χ0) is 18.8. The van der Waals surface area contributed by atoms with Gasteiger partial charge in [-0.3, -0.25) is 4.79 Å². The second kappa shape index (κ2) is 9.01. The van der Waals surface area contributed by atoms with Gasteiger partial charge in [-0.1, -0.05) is 24.3 Å². The van der Waals surface area contributed by atoms with Crippen molar-refractivity contribution < 1.29 is 13.6 Å². The van der Waals surface area contributed by atoms with Gasteiger partial charge in [-0.25, -0.2) is 8.78 Å². The van der Waals surface area contributed by atoms with E-state index in [2.05, 4.69) is 10.6 Å². The van der Waals surface area contributed by atoms with Gasteiger partial charge in [0.2, 0.25) is 5.91 Å². The van der Waals surface area contributed by atoms with Crippen molar-refractivity contribution in [3.8, 4) is 0 Å². The van der Waals surface area contributed by atoms with E-state index in [9.17, 15) is 13.6 Å². The van der Waals surface area contributed by atoms with Crippen molar-refractivity contribution in [2.75, 3.05) is 0 Å². The van der Waals surface area contributed by atoms with Gasteiger partial charge in [-0.2, -0.15) is 0 Å². The zero-order valence-corrected chi connectivity index (χ0v) is 16.4. The van der Waals surface area contributed by atoms with E-state index in [1.165, 1.54) is 37.1 Å². The summed E-state index contributed by atoms with van der Waals surface area (Å²) in [6.45, 7) is 0. The van der Waals surface area contributed by atoms with E-state index < -0.39 is 6.04 Å². The molecule has 2 aliphatic heterocycles. The molecule has 150 valence electrons. The van der Waals surface area contributed by atoms with Crippen LogP contribution in [0.15, 0.2) is 48.5 Å². The Kier molecular flexibility index (Phi) is 6.68. The van der Waals surface area contributed by atoms with Crippen molar-refractivity contribution in [3.05, 3.63) is 71.3 Å². The maximum absolute atomic E-state index is 13.3. The molecule has 2 saturated heterocycles. The van der Waals surface area contributed by atoms with Gasteiger partial charge in [0.15, 0.2) is 0 Å². The third-order valence-electron chi connectivity index (χ3n) is 5.76. The quantitative estimate of drug-likeness (QED) is 0.766. The van der Waals surface area contributed by atoms with Crippen molar-refractivity contribution in [3.63, 3.8) is 0 Å². The number of amides is 1. The van der Waals surface area contributed by atoms with Gasteiger partial charge in [-0.05, 0) is 67.0 Å². The van der Waals surface area contributed by atoms with E-state index in [1.54, 1.807) is 24.3 Å². The molecule has 2 atom stereocenters. The molecule has 2 aliphatic rings. The van der Waals surface area contributed by atoms with Crippen LogP contribution in [0.3, 0.4) is 0 Å². The first-order valence-electron chi connectivity index (χ1n) is 9.63. The lowest BCUT2D eigenvalue weighted by Gasteiger charge is -2.29. The van der Waals surface area contributed by atoms with E-state index in [0.717, 1.165) is 24.0 Å². The molecule has 0 saturated carbocycles. The summed E-state index contributed by atoms with van der Waals surface area (Å²) < 4.78 is 26.6. The molecule has 6 heteroatoms. The lowest BCUT2D eigenvalue weighted by molar-refractivity contribution is -0.122. The summed E-state index contributed by atoms with van der Waals surface area (Å²) in [7, 11) is 0. The first kappa shape index (κ1) is 20.7. The summed E-state index contributed by atoms with van der Waals surface area (Å²) in [5, 5.41) is 6.68. The summed E-state index contributed by atoms with van der Waals surface area (Å²) in [4.78, 5) is 12.8. The predicted octanol–water partition coefficient (Wildman–Crippen LogP) is 4.51. The topological polar surface area (TPSA) is 41.1 Å². The molecule has 2 N–H and O–H groups in total. The Balaban J connectivity index is 0.00000225. The van der Waals surface area contributed by atoms with Crippen LogP contribution in [0.5, 0.6) is 0 Å². The molecule has 2 aromatic carbocycles. The third kappa shape index (κ3) is 4.89. The highest BCUT2D eigenvalue weighted by Crippen LogP contribution is 2.33. The number of carbonyl (C=O) groups is 1. The fourth-order valence-electron chi connectivity index (χ4n) is 4.49. The van der Waals surface area contributed by atoms with Gasteiger partial charge >= 0.3 is 0 Å². The number of halogens is 3. The normalized spacial score (nSPS) is 23.3. The molecule has 28 heavy (non-hydrogen) atoms. The molecular formula is C22H25ClF2N2O. The molecule has 2 unspecified atom stereocenters. The Morgan fingerprint density at radius 2 is 1.39 bits per heavy atom. The molecule has 0 aromatic heterocycles.